The van der Waals surface area contributed by atoms with Crippen LogP contribution >= 0.6 is 24.0 Å². The van der Waals surface area contributed by atoms with Crippen molar-refractivity contribution in [2.75, 3.05) is 38.4 Å². The number of esters is 2. The zero-order valence-corrected chi connectivity index (χ0v) is 16.8. The summed E-state index contributed by atoms with van der Waals surface area (Å²) in [4.78, 5) is 37.8. The molecule has 0 aromatic heterocycles. The van der Waals surface area contributed by atoms with E-state index in [1.165, 1.54) is 44.2 Å². The number of amides is 1. The molecular formula is C17H22N2O5S2. The summed E-state index contributed by atoms with van der Waals surface area (Å²) in [5.74, 6) is -1.47. The largest absolute Gasteiger partial charge is 0.465 e. The van der Waals surface area contributed by atoms with Crippen LogP contribution in [0.15, 0.2) is 18.2 Å². The predicted octanol–water partition coefficient (Wildman–Crippen LogP) is 2.56. The zero-order chi connectivity index (χ0) is 19.7. The molecule has 0 bridgehead atoms. The Morgan fingerprint density at radius 2 is 1.73 bits per heavy atom. The number of benzene rings is 1. The lowest BCUT2D eigenvalue weighted by Crippen LogP contribution is -2.28. The van der Waals surface area contributed by atoms with Gasteiger partial charge in [-0.05, 0) is 32.0 Å². The normalized spacial score (nSPS) is 10.0. The average Bonchev–Trinajstić information content (AvgIpc) is 2.65. The summed E-state index contributed by atoms with van der Waals surface area (Å²) >= 11 is 6.52. The molecule has 0 atom stereocenters. The standard InChI is InChI=1S/C17H22N2O5S2/c1-5-19(6-2)17(25)26-10-14(20)18-13-9-11(15(21)23-3)7-8-12(13)16(22)24-4/h7-9H,5-6,10H2,1-4H3,(H,18,20). The van der Waals surface area contributed by atoms with Crippen molar-refractivity contribution in [1.29, 1.82) is 0 Å². The molecule has 0 spiro atoms. The Bertz CT molecular complexity index is 690. The van der Waals surface area contributed by atoms with E-state index < -0.39 is 11.9 Å². The number of hydrogen-bond donors (Lipinski definition) is 1. The molecule has 1 amide bonds. The Hall–Kier alpha value is -2.13. The second-order valence-electron chi connectivity index (χ2n) is 5.02. The van der Waals surface area contributed by atoms with Crippen molar-refractivity contribution in [1.82, 2.24) is 4.90 Å². The molecule has 0 saturated carbocycles. The van der Waals surface area contributed by atoms with Gasteiger partial charge in [-0.3, -0.25) is 4.79 Å². The van der Waals surface area contributed by atoms with E-state index in [-0.39, 0.29) is 28.5 Å². The van der Waals surface area contributed by atoms with E-state index in [4.69, 9.17) is 17.0 Å². The SMILES string of the molecule is CCN(CC)C(=S)SCC(=O)Nc1cc(C(=O)OC)ccc1C(=O)OC. The summed E-state index contributed by atoms with van der Waals surface area (Å²) < 4.78 is 9.99. The molecule has 1 aromatic rings. The number of methoxy groups -OCH3 is 2. The number of anilines is 1. The molecule has 0 aliphatic carbocycles. The van der Waals surface area contributed by atoms with Gasteiger partial charge in [-0.15, -0.1) is 0 Å². The maximum Gasteiger partial charge on any atom is 0.339 e. The van der Waals surface area contributed by atoms with Crippen molar-refractivity contribution < 1.29 is 23.9 Å². The number of ether oxygens (including phenoxy) is 2. The van der Waals surface area contributed by atoms with Crippen LogP contribution < -0.4 is 5.32 Å². The first kappa shape index (κ1) is 21.9. The van der Waals surface area contributed by atoms with E-state index in [9.17, 15) is 14.4 Å². The van der Waals surface area contributed by atoms with Gasteiger partial charge >= 0.3 is 11.9 Å². The lowest BCUT2D eigenvalue weighted by Gasteiger charge is -2.20. The van der Waals surface area contributed by atoms with Gasteiger partial charge in [-0.2, -0.15) is 0 Å². The maximum absolute atomic E-state index is 12.3. The molecule has 0 unspecified atom stereocenters. The Labute approximate surface area is 162 Å². The first-order valence-electron chi connectivity index (χ1n) is 7.90. The van der Waals surface area contributed by atoms with E-state index in [1.54, 1.807) is 0 Å². The van der Waals surface area contributed by atoms with Gasteiger partial charge in [-0.25, -0.2) is 9.59 Å². The molecular weight excluding hydrogens is 376 g/mol. The molecule has 0 aliphatic rings. The highest BCUT2D eigenvalue weighted by molar-refractivity contribution is 8.23. The van der Waals surface area contributed by atoms with Crippen molar-refractivity contribution in [2.24, 2.45) is 0 Å². The van der Waals surface area contributed by atoms with E-state index in [0.29, 0.717) is 4.32 Å². The first-order valence-corrected chi connectivity index (χ1v) is 9.29. The van der Waals surface area contributed by atoms with E-state index >= 15 is 0 Å². The fourth-order valence-corrected chi connectivity index (χ4v) is 3.27. The van der Waals surface area contributed by atoms with Gasteiger partial charge in [0.2, 0.25) is 5.91 Å². The second kappa shape index (κ2) is 10.8. The number of hydrogen-bond acceptors (Lipinski definition) is 7. The zero-order valence-electron chi connectivity index (χ0n) is 15.2. The molecule has 7 nitrogen and oxygen atoms in total. The van der Waals surface area contributed by atoms with Gasteiger partial charge in [0.05, 0.1) is 36.8 Å². The van der Waals surface area contributed by atoms with Crippen molar-refractivity contribution in [3.8, 4) is 0 Å². The van der Waals surface area contributed by atoms with Crippen molar-refractivity contribution >= 4 is 51.8 Å². The van der Waals surface area contributed by atoms with Gasteiger partial charge in [0.15, 0.2) is 0 Å². The number of rotatable bonds is 7. The van der Waals surface area contributed by atoms with Gasteiger partial charge in [0.1, 0.15) is 4.32 Å². The van der Waals surface area contributed by atoms with Crippen LogP contribution in [0.1, 0.15) is 34.6 Å². The molecule has 0 fully saturated rings. The number of nitrogens with one attached hydrogen (secondary N) is 1. The first-order chi connectivity index (χ1) is 12.4. The van der Waals surface area contributed by atoms with E-state index in [1.807, 2.05) is 18.7 Å². The Kier molecular flexibility index (Phi) is 9.08. The van der Waals surface area contributed by atoms with Gasteiger partial charge in [0.25, 0.3) is 0 Å². The quantitative estimate of drug-likeness (QED) is 0.554. The lowest BCUT2D eigenvalue weighted by atomic mass is 10.1. The molecule has 0 heterocycles. The fourth-order valence-electron chi connectivity index (χ4n) is 2.07. The maximum atomic E-state index is 12.3. The topological polar surface area (TPSA) is 84.9 Å². The summed E-state index contributed by atoms with van der Waals surface area (Å²) in [6.07, 6.45) is 0. The highest BCUT2D eigenvalue weighted by Gasteiger charge is 2.18. The van der Waals surface area contributed by atoms with Gasteiger partial charge < -0.3 is 19.7 Å². The second-order valence-corrected chi connectivity index (χ2v) is 6.63. The van der Waals surface area contributed by atoms with E-state index in [0.717, 1.165) is 13.1 Å². The van der Waals surface area contributed by atoms with Crippen molar-refractivity contribution in [2.45, 2.75) is 13.8 Å². The van der Waals surface area contributed by atoms with Crippen molar-refractivity contribution in [3.63, 3.8) is 0 Å². The monoisotopic (exact) mass is 398 g/mol. The fraction of sp³-hybridized carbons (Fsp3) is 0.412. The lowest BCUT2D eigenvalue weighted by molar-refractivity contribution is -0.113. The molecule has 0 aliphatic heterocycles. The minimum atomic E-state index is -0.622. The molecule has 0 saturated heterocycles. The summed E-state index contributed by atoms with van der Waals surface area (Å²) in [5.41, 5.74) is 0.533. The van der Waals surface area contributed by atoms with E-state index in [2.05, 4.69) is 10.1 Å². The minimum Gasteiger partial charge on any atom is -0.465 e. The number of thiocarbonyl (C=S) groups is 1. The minimum absolute atomic E-state index is 0.0817. The molecule has 1 rings (SSSR count). The predicted molar refractivity (Wildman–Crippen MR) is 106 cm³/mol. The molecule has 26 heavy (non-hydrogen) atoms. The average molecular weight is 399 g/mol. The van der Waals surface area contributed by atoms with Crippen LogP contribution in [0.3, 0.4) is 0 Å². The van der Waals surface area contributed by atoms with Crippen LogP contribution in [-0.4, -0.2) is 60.1 Å². The third kappa shape index (κ3) is 5.99. The number of carbonyl (C=O) groups excluding carboxylic acids is 3. The highest BCUT2D eigenvalue weighted by atomic mass is 32.2. The van der Waals surface area contributed by atoms with Crippen LogP contribution in [0.25, 0.3) is 0 Å². The van der Waals surface area contributed by atoms with Crippen LogP contribution in [0, 0.1) is 0 Å². The van der Waals surface area contributed by atoms with Crippen LogP contribution in [-0.2, 0) is 14.3 Å². The number of nitrogens with zero attached hydrogens (tertiary/aromatic N) is 1. The van der Waals surface area contributed by atoms with Crippen LogP contribution in [0.2, 0.25) is 0 Å². The molecule has 142 valence electrons. The molecule has 9 heteroatoms. The summed E-state index contributed by atoms with van der Waals surface area (Å²) in [6.45, 7) is 5.49. The summed E-state index contributed by atoms with van der Waals surface area (Å²) in [5, 5.41) is 2.63. The summed E-state index contributed by atoms with van der Waals surface area (Å²) in [6, 6.07) is 4.21. The summed E-state index contributed by atoms with van der Waals surface area (Å²) in [7, 11) is 2.49. The Balaban J connectivity index is 2.91. The number of carbonyl (C=O) groups is 3. The molecule has 1 aromatic carbocycles. The van der Waals surface area contributed by atoms with Gasteiger partial charge in [-0.1, -0.05) is 24.0 Å². The Morgan fingerprint density at radius 1 is 1.12 bits per heavy atom. The third-order valence-corrected chi connectivity index (χ3v) is 4.99. The van der Waals surface area contributed by atoms with Gasteiger partial charge in [0, 0.05) is 13.1 Å². The van der Waals surface area contributed by atoms with Crippen LogP contribution in [0.5, 0.6) is 0 Å². The van der Waals surface area contributed by atoms with Crippen molar-refractivity contribution in [3.05, 3.63) is 29.3 Å². The smallest absolute Gasteiger partial charge is 0.339 e. The molecule has 1 N–H and O–H groups in total. The third-order valence-electron chi connectivity index (χ3n) is 3.47. The Morgan fingerprint density at radius 3 is 2.27 bits per heavy atom. The van der Waals surface area contributed by atoms with Crippen LogP contribution in [0.4, 0.5) is 5.69 Å². The highest BCUT2D eigenvalue weighted by Crippen LogP contribution is 2.20. The number of thioether (sulfide) groups is 1. The molecule has 0 radical (unpaired) electrons.